The van der Waals surface area contributed by atoms with Gasteiger partial charge in [0.1, 0.15) is 6.04 Å². The van der Waals surface area contributed by atoms with Gasteiger partial charge in [-0.3, -0.25) is 9.59 Å². The molecule has 0 bridgehead atoms. The van der Waals surface area contributed by atoms with E-state index in [1.54, 1.807) is 12.1 Å². The van der Waals surface area contributed by atoms with Crippen molar-refractivity contribution in [1.82, 2.24) is 4.90 Å². The predicted molar refractivity (Wildman–Crippen MR) is 73.9 cm³/mol. The smallest absolute Gasteiger partial charge is 0.326 e. The zero-order valence-electron chi connectivity index (χ0n) is 11.7. The van der Waals surface area contributed by atoms with Crippen LogP contribution in [-0.4, -0.2) is 39.0 Å². The lowest BCUT2D eigenvalue weighted by Crippen LogP contribution is -2.43. The predicted octanol–water partition coefficient (Wildman–Crippen LogP) is 1.91. The van der Waals surface area contributed by atoms with Gasteiger partial charge in [-0.05, 0) is 24.5 Å². The van der Waals surface area contributed by atoms with Crippen molar-refractivity contribution in [2.45, 2.75) is 38.3 Å². The minimum Gasteiger partial charge on any atom is -0.481 e. The van der Waals surface area contributed by atoms with Crippen molar-refractivity contribution in [1.29, 1.82) is 0 Å². The number of rotatable bonds is 6. The van der Waals surface area contributed by atoms with E-state index in [2.05, 4.69) is 0 Å². The number of carboxylic acids is 2. The van der Waals surface area contributed by atoms with Crippen LogP contribution in [0.3, 0.4) is 0 Å². The largest absolute Gasteiger partial charge is 0.481 e. The number of amides is 1. The molecule has 0 radical (unpaired) electrons. The molecule has 0 aromatic heterocycles. The van der Waals surface area contributed by atoms with Crippen LogP contribution in [0.25, 0.3) is 0 Å². The first kappa shape index (κ1) is 15.0. The van der Waals surface area contributed by atoms with E-state index < -0.39 is 18.0 Å². The lowest BCUT2D eigenvalue weighted by Gasteiger charge is -2.30. The first-order valence-electron chi connectivity index (χ1n) is 6.83. The van der Waals surface area contributed by atoms with Crippen molar-refractivity contribution in [3.05, 3.63) is 35.4 Å². The minimum absolute atomic E-state index is 0.0963. The summed E-state index contributed by atoms with van der Waals surface area (Å²) in [5.74, 6) is -2.58. The zero-order chi connectivity index (χ0) is 15.6. The normalized spacial score (nSPS) is 18.4. The van der Waals surface area contributed by atoms with Crippen LogP contribution in [-0.2, 0) is 9.59 Å². The highest BCUT2D eigenvalue weighted by molar-refractivity contribution is 6.01. The summed E-state index contributed by atoms with van der Waals surface area (Å²) in [6.07, 6.45) is 0.202. The molecule has 1 amide bonds. The van der Waals surface area contributed by atoms with Crippen LogP contribution in [0.2, 0.25) is 0 Å². The molecule has 1 aromatic carbocycles. The standard InChI is InChI=1S/C15H17NO5/c1-2-11-9-5-3-4-6-10(9)14(19)16(11)12(15(20)21)7-8-13(17)18/h3-6,11-12H,2,7-8H2,1H3,(H,17,18)(H,20,21). The van der Waals surface area contributed by atoms with Gasteiger partial charge in [0.05, 0.1) is 6.04 Å². The molecule has 1 aromatic rings. The molecule has 1 heterocycles. The Bertz CT molecular complexity index is 583. The van der Waals surface area contributed by atoms with Gasteiger partial charge in [-0.1, -0.05) is 25.1 Å². The molecule has 0 spiro atoms. The summed E-state index contributed by atoms with van der Waals surface area (Å²) in [6.45, 7) is 1.88. The molecule has 0 saturated heterocycles. The summed E-state index contributed by atoms with van der Waals surface area (Å²) >= 11 is 0. The second-order valence-electron chi connectivity index (χ2n) is 5.01. The van der Waals surface area contributed by atoms with E-state index in [0.29, 0.717) is 12.0 Å². The number of benzene rings is 1. The highest BCUT2D eigenvalue weighted by Gasteiger charge is 2.42. The highest BCUT2D eigenvalue weighted by atomic mass is 16.4. The monoisotopic (exact) mass is 291 g/mol. The second kappa shape index (κ2) is 5.95. The maximum atomic E-state index is 12.5. The quantitative estimate of drug-likeness (QED) is 0.834. The average molecular weight is 291 g/mol. The molecule has 2 atom stereocenters. The lowest BCUT2D eigenvalue weighted by molar-refractivity contribution is -0.144. The summed E-state index contributed by atoms with van der Waals surface area (Å²) in [6, 6.07) is 5.61. The Morgan fingerprint density at radius 1 is 1.29 bits per heavy atom. The molecule has 0 fully saturated rings. The summed E-state index contributed by atoms with van der Waals surface area (Å²) in [5, 5.41) is 18.1. The molecule has 1 aliphatic heterocycles. The zero-order valence-corrected chi connectivity index (χ0v) is 11.7. The van der Waals surface area contributed by atoms with Gasteiger partial charge < -0.3 is 15.1 Å². The van der Waals surface area contributed by atoms with Gasteiger partial charge in [0.2, 0.25) is 0 Å². The number of hydrogen-bond donors (Lipinski definition) is 2. The van der Waals surface area contributed by atoms with Crippen molar-refractivity contribution in [2.75, 3.05) is 0 Å². The fourth-order valence-electron chi connectivity index (χ4n) is 2.83. The molecule has 2 N–H and O–H groups in total. The Kier molecular flexibility index (Phi) is 4.26. The molecular formula is C15H17NO5. The molecule has 2 rings (SSSR count). The topological polar surface area (TPSA) is 94.9 Å². The second-order valence-corrected chi connectivity index (χ2v) is 5.01. The van der Waals surface area contributed by atoms with E-state index in [0.717, 1.165) is 5.56 Å². The van der Waals surface area contributed by atoms with Crippen LogP contribution in [0.5, 0.6) is 0 Å². The molecule has 6 heteroatoms. The minimum atomic E-state index is -1.17. The number of hydrogen-bond acceptors (Lipinski definition) is 3. The van der Waals surface area contributed by atoms with Gasteiger partial charge in [-0.25, -0.2) is 4.79 Å². The van der Waals surface area contributed by atoms with E-state index in [1.165, 1.54) is 4.90 Å². The molecule has 6 nitrogen and oxygen atoms in total. The lowest BCUT2D eigenvalue weighted by atomic mass is 10.0. The Morgan fingerprint density at radius 3 is 2.52 bits per heavy atom. The van der Waals surface area contributed by atoms with Crippen LogP contribution in [0.1, 0.15) is 48.1 Å². The Labute approximate surface area is 122 Å². The fourth-order valence-corrected chi connectivity index (χ4v) is 2.83. The molecule has 112 valence electrons. The number of carbonyl (C=O) groups is 3. The van der Waals surface area contributed by atoms with Crippen molar-refractivity contribution in [3.8, 4) is 0 Å². The molecule has 21 heavy (non-hydrogen) atoms. The van der Waals surface area contributed by atoms with Crippen molar-refractivity contribution < 1.29 is 24.6 Å². The van der Waals surface area contributed by atoms with Crippen LogP contribution < -0.4 is 0 Å². The fraction of sp³-hybridized carbons (Fsp3) is 0.400. The average Bonchev–Trinajstić information content (AvgIpc) is 2.72. The Balaban J connectivity index is 2.35. The molecule has 2 unspecified atom stereocenters. The third kappa shape index (κ3) is 2.74. The van der Waals surface area contributed by atoms with Gasteiger partial charge in [0.15, 0.2) is 0 Å². The highest BCUT2D eigenvalue weighted by Crippen LogP contribution is 2.38. The van der Waals surface area contributed by atoms with Crippen LogP contribution >= 0.6 is 0 Å². The van der Waals surface area contributed by atoms with Crippen LogP contribution in [0.4, 0.5) is 0 Å². The maximum absolute atomic E-state index is 12.5. The van der Waals surface area contributed by atoms with Crippen LogP contribution in [0, 0.1) is 0 Å². The first-order chi connectivity index (χ1) is 9.97. The Morgan fingerprint density at radius 2 is 1.95 bits per heavy atom. The number of aliphatic carboxylic acids is 2. The van der Waals surface area contributed by atoms with E-state index in [9.17, 15) is 19.5 Å². The van der Waals surface area contributed by atoms with E-state index >= 15 is 0 Å². The first-order valence-corrected chi connectivity index (χ1v) is 6.83. The maximum Gasteiger partial charge on any atom is 0.326 e. The van der Waals surface area contributed by atoms with E-state index in [-0.39, 0.29) is 24.8 Å². The SMILES string of the molecule is CCC1c2ccccc2C(=O)N1C(CCC(=O)O)C(=O)O. The summed E-state index contributed by atoms with van der Waals surface area (Å²) < 4.78 is 0. The van der Waals surface area contributed by atoms with Gasteiger partial charge >= 0.3 is 11.9 Å². The number of nitrogens with zero attached hydrogens (tertiary/aromatic N) is 1. The summed E-state index contributed by atoms with van der Waals surface area (Å²) in [7, 11) is 0. The molecule has 1 aliphatic rings. The van der Waals surface area contributed by atoms with Gasteiger partial charge in [-0.15, -0.1) is 0 Å². The third-order valence-electron chi connectivity index (χ3n) is 3.76. The van der Waals surface area contributed by atoms with Gasteiger partial charge in [0.25, 0.3) is 5.91 Å². The van der Waals surface area contributed by atoms with Crippen molar-refractivity contribution in [3.63, 3.8) is 0 Å². The van der Waals surface area contributed by atoms with E-state index in [4.69, 9.17) is 5.11 Å². The van der Waals surface area contributed by atoms with E-state index in [1.807, 2.05) is 19.1 Å². The summed E-state index contributed by atoms with van der Waals surface area (Å²) in [4.78, 5) is 36.0. The number of carbonyl (C=O) groups excluding carboxylic acids is 1. The summed E-state index contributed by atoms with van der Waals surface area (Å²) in [5.41, 5.74) is 1.32. The molecule has 0 saturated carbocycles. The van der Waals surface area contributed by atoms with Gasteiger partial charge in [-0.2, -0.15) is 0 Å². The third-order valence-corrected chi connectivity index (χ3v) is 3.76. The number of carboxylic acid groups (broad SMARTS) is 2. The number of fused-ring (bicyclic) bond motifs is 1. The van der Waals surface area contributed by atoms with Crippen molar-refractivity contribution in [2.24, 2.45) is 0 Å². The molecule has 0 aliphatic carbocycles. The van der Waals surface area contributed by atoms with Crippen molar-refractivity contribution >= 4 is 17.8 Å². The van der Waals surface area contributed by atoms with Crippen LogP contribution in [0.15, 0.2) is 24.3 Å². The molecular weight excluding hydrogens is 274 g/mol. The Hall–Kier alpha value is -2.37. The van der Waals surface area contributed by atoms with Gasteiger partial charge in [0, 0.05) is 12.0 Å².